The number of carboxylic acids is 1. The van der Waals surface area contributed by atoms with Crippen molar-refractivity contribution in [2.75, 3.05) is 6.54 Å². The van der Waals surface area contributed by atoms with Gasteiger partial charge in [-0.2, -0.15) is 0 Å². The number of carbonyl (C=O) groups excluding carboxylic acids is 1. The van der Waals surface area contributed by atoms with Crippen LogP contribution >= 0.6 is 0 Å². The molecule has 0 aromatic heterocycles. The predicted molar refractivity (Wildman–Crippen MR) is 173 cm³/mol. The maximum absolute atomic E-state index is 14.2. The van der Waals surface area contributed by atoms with Gasteiger partial charge in [0.05, 0.1) is 11.5 Å². The molecule has 0 bridgehead atoms. The number of hydrogen-bond donors (Lipinski definition) is 3. The van der Waals surface area contributed by atoms with Crippen molar-refractivity contribution in [3.63, 3.8) is 0 Å². The molecule has 5 aliphatic carbocycles. The topological polar surface area (TPSA) is 86.6 Å². The minimum atomic E-state index is -0.712. The Morgan fingerprint density at radius 2 is 1.49 bits per heavy atom. The molecule has 5 rings (SSSR count). The third-order valence-corrected chi connectivity index (χ3v) is 15.4. The predicted octanol–water partition coefficient (Wildman–Crippen LogP) is 8.55. The molecule has 43 heavy (non-hydrogen) atoms. The number of unbranched alkanes of at least 4 members (excludes halogenated alkanes) is 4. The molecule has 3 N–H and O–H groups in total. The molecular weight excluding hydrogens is 534 g/mol. The lowest BCUT2D eigenvalue weighted by Gasteiger charge is -2.72. The molecule has 5 heteroatoms. The summed E-state index contributed by atoms with van der Waals surface area (Å²) >= 11 is 0. The quantitative estimate of drug-likeness (QED) is 0.174. The van der Waals surface area contributed by atoms with Gasteiger partial charge in [0.15, 0.2) is 0 Å². The van der Waals surface area contributed by atoms with E-state index in [2.05, 4.69) is 53.4 Å². The number of hydrogen-bond acceptors (Lipinski definition) is 3. The monoisotopic (exact) mass is 597 g/mol. The molecule has 0 saturated heterocycles. The molecule has 5 saturated carbocycles. The highest BCUT2D eigenvalue weighted by molar-refractivity contribution is 5.83. The fourth-order valence-corrected chi connectivity index (χ4v) is 12.8. The van der Waals surface area contributed by atoms with E-state index in [4.69, 9.17) is 5.11 Å². The first-order valence-electron chi connectivity index (χ1n) is 18.0. The molecule has 0 unspecified atom stereocenters. The molecule has 10 atom stereocenters. The van der Waals surface area contributed by atoms with Crippen LogP contribution in [0, 0.1) is 56.7 Å². The van der Waals surface area contributed by atoms with Gasteiger partial charge in [0.2, 0.25) is 5.91 Å². The molecule has 1 amide bonds. The number of carboxylic acid groups (broad SMARTS) is 1. The van der Waals surface area contributed by atoms with Crippen LogP contribution in [0.15, 0.2) is 12.2 Å². The summed E-state index contributed by atoms with van der Waals surface area (Å²) in [7, 11) is 0. The molecule has 5 aliphatic rings. The fourth-order valence-electron chi connectivity index (χ4n) is 12.8. The second-order valence-electron chi connectivity index (χ2n) is 17.4. The Morgan fingerprint density at radius 3 is 2.19 bits per heavy atom. The Bertz CT molecular complexity index is 1080. The zero-order valence-corrected chi connectivity index (χ0v) is 28.4. The number of carbonyl (C=O) groups is 2. The molecule has 0 radical (unpaired) electrons. The van der Waals surface area contributed by atoms with Gasteiger partial charge in [-0.15, -0.1) is 0 Å². The first-order chi connectivity index (χ1) is 20.1. The molecule has 5 fully saturated rings. The van der Waals surface area contributed by atoms with Gasteiger partial charge in [-0.1, -0.05) is 66.0 Å². The Kier molecular flexibility index (Phi) is 9.04. The van der Waals surface area contributed by atoms with Crippen LogP contribution in [-0.2, 0) is 9.59 Å². The van der Waals surface area contributed by atoms with Crippen LogP contribution in [0.2, 0.25) is 0 Å². The van der Waals surface area contributed by atoms with E-state index in [0.717, 1.165) is 77.2 Å². The van der Waals surface area contributed by atoms with Crippen LogP contribution in [0.1, 0.15) is 144 Å². The van der Waals surface area contributed by atoms with Crippen molar-refractivity contribution in [2.45, 2.75) is 150 Å². The lowest BCUT2D eigenvalue weighted by atomic mass is 9.32. The standard InChI is InChI=1S/C38H63NO4/c1-25(2)26-16-21-38(33(43)39-24-12-10-8-9-11-13-31(41)42)23-22-36(6)27(32(26)38)14-15-29-35(5)19-18-30(40)34(3,4)28(35)17-20-37(29,36)7/h26-30,32,40H,1,8-24H2,2-7H3,(H,39,43)(H,41,42)/t26-,27+,28-,29+,30-,32+,35-,36+,37+,38-/m0/s1. The highest BCUT2D eigenvalue weighted by Gasteiger charge is 2.71. The average molecular weight is 598 g/mol. The SMILES string of the molecule is C=C(C)[C@@H]1CC[C@]2(C(=O)NCCCCCCCC(=O)O)CC[C@]3(C)[C@H](CC[C@@H]4[C@@]5(C)CC[C@H](O)C(C)(C)[C@@H]5CC[C@]43C)[C@@H]12. The molecular formula is C38H63NO4. The second-order valence-corrected chi connectivity index (χ2v) is 17.4. The van der Waals surface area contributed by atoms with Gasteiger partial charge in [0.25, 0.3) is 0 Å². The van der Waals surface area contributed by atoms with Crippen molar-refractivity contribution in [3.05, 3.63) is 12.2 Å². The number of rotatable bonds is 10. The number of aliphatic carboxylic acids is 1. The normalized spacial score (nSPS) is 44.8. The lowest BCUT2D eigenvalue weighted by Crippen LogP contribution is -2.67. The van der Waals surface area contributed by atoms with E-state index in [0.29, 0.717) is 35.5 Å². The van der Waals surface area contributed by atoms with Gasteiger partial charge >= 0.3 is 5.97 Å². The second kappa shape index (κ2) is 11.8. The van der Waals surface area contributed by atoms with Crippen molar-refractivity contribution < 1.29 is 19.8 Å². The summed E-state index contributed by atoms with van der Waals surface area (Å²) in [6, 6.07) is 0. The van der Waals surface area contributed by atoms with E-state index in [9.17, 15) is 14.7 Å². The van der Waals surface area contributed by atoms with E-state index < -0.39 is 5.97 Å². The smallest absolute Gasteiger partial charge is 0.303 e. The summed E-state index contributed by atoms with van der Waals surface area (Å²) < 4.78 is 0. The summed E-state index contributed by atoms with van der Waals surface area (Å²) in [5.41, 5.74) is 1.72. The van der Waals surface area contributed by atoms with Gasteiger partial charge in [-0.3, -0.25) is 9.59 Å². The third-order valence-electron chi connectivity index (χ3n) is 15.4. The molecule has 0 heterocycles. The Balaban J connectivity index is 1.34. The summed E-state index contributed by atoms with van der Waals surface area (Å²) in [5, 5.41) is 23.3. The van der Waals surface area contributed by atoms with Crippen LogP contribution in [0.25, 0.3) is 0 Å². The van der Waals surface area contributed by atoms with Crippen molar-refractivity contribution in [3.8, 4) is 0 Å². The van der Waals surface area contributed by atoms with Crippen LogP contribution in [-0.4, -0.2) is 34.7 Å². The number of aliphatic hydroxyl groups is 1. The number of amides is 1. The van der Waals surface area contributed by atoms with Crippen LogP contribution in [0.4, 0.5) is 0 Å². The molecule has 244 valence electrons. The fraction of sp³-hybridized carbons (Fsp3) is 0.895. The lowest BCUT2D eigenvalue weighted by molar-refractivity contribution is -0.246. The molecule has 0 aliphatic heterocycles. The molecule has 5 nitrogen and oxygen atoms in total. The van der Waals surface area contributed by atoms with Gasteiger partial charge in [0, 0.05) is 13.0 Å². The summed E-state index contributed by atoms with van der Waals surface area (Å²) in [4.78, 5) is 25.0. The summed E-state index contributed by atoms with van der Waals surface area (Å²) in [5.74, 6) is 2.20. The van der Waals surface area contributed by atoms with E-state index in [1.807, 2.05) is 0 Å². The van der Waals surface area contributed by atoms with Gasteiger partial charge in [-0.25, -0.2) is 0 Å². The van der Waals surface area contributed by atoms with E-state index in [1.165, 1.54) is 31.3 Å². The van der Waals surface area contributed by atoms with E-state index in [1.54, 1.807) is 0 Å². The first-order valence-corrected chi connectivity index (χ1v) is 18.0. The van der Waals surface area contributed by atoms with Crippen molar-refractivity contribution in [2.24, 2.45) is 56.7 Å². The maximum atomic E-state index is 14.2. The number of allylic oxidation sites excluding steroid dienone is 1. The van der Waals surface area contributed by atoms with Gasteiger partial charge in [0.1, 0.15) is 0 Å². The Labute approximate surface area is 262 Å². The number of nitrogens with one attached hydrogen (secondary N) is 1. The molecule has 0 aromatic rings. The van der Waals surface area contributed by atoms with E-state index >= 15 is 0 Å². The van der Waals surface area contributed by atoms with Crippen LogP contribution < -0.4 is 5.32 Å². The highest BCUT2D eigenvalue weighted by Crippen LogP contribution is 2.77. The highest BCUT2D eigenvalue weighted by atomic mass is 16.4. The van der Waals surface area contributed by atoms with Crippen molar-refractivity contribution in [1.29, 1.82) is 0 Å². The largest absolute Gasteiger partial charge is 0.481 e. The number of aliphatic hydroxyl groups excluding tert-OH is 1. The number of fused-ring (bicyclic) bond motifs is 7. The first kappa shape index (κ1) is 33.0. The van der Waals surface area contributed by atoms with Gasteiger partial charge < -0.3 is 15.5 Å². The summed E-state index contributed by atoms with van der Waals surface area (Å²) in [6.07, 6.45) is 16.1. The third kappa shape index (κ3) is 5.14. The average Bonchev–Trinajstić information content (AvgIpc) is 3.34. The maximum Gasteiger partial charge on any atom is 0.303 e. The zero-order valence-electron chi connectivity index (χ0n) is 28.4. The zero-order chi connectivity index (χ0) is 31.4. The van der Waals surface area contributed by atoms with Gasteiger partial charge in [-0.05, 0) is 135 Å². The minimum absolute atomic E-state index is 0.0269. The van der Waals surface area contributed by atoms with E-state index in [-0.39, 0.29) is 39.6 Å². The molecule has 0 spiro atoms. The van der Waals surface area contributed by atoms with Crippen LogP contribution in [0.3, 0.4) is 0 Å². The minimum Gasteiger partial charge on any atom is -0.481 e. The molecule has 0 aromatic carbocycles. The van der Waals surface area contributed by atoms with Crippen molar-refractivity contribution in [1.82, 2.24) is 5.32 Å². The van der Waals surface area contributed by atoms with Crippen molar-refractivity contribution >= 4 is 11.9 Å². The Hall–Kier alpha value is -1.36. The van der Waals surface area contributed by atoms with Crippen LogP contribution in [0.5, 0.6) is 0 Å². The summed E-state index contributed by atoms with van der Waals surface area (Å²) in [6.45, 7) is 20.0. The Morgan fingerprint density at radius 1 is 0.791 bits per heavy atom.